The number of aliphatic carboxylic acids is 2. The van der Waals surface area contributed by atoms with Crippen LogP contribution in [0.1, 0.15) is 12.1 Å². The molecule has 0 spiro atoms. The molecule has 14 heteroatoms. The Bertz CT molecular complexity index is 897. The fraction of sp³-hybridized carbons (Fsp3) is 0.267. The smallest absolute Gasteiger partial charge is 0.352 e. The second kappa shape index (κ2) is 9.51. The van der Waals surface area contributed by atoms with Crippen molar-refractivity contribution in [2.75, 3.05) is 11.5 Å². The highest BCUT2D eigenvalue weighted by molar-refractivity contribution is 8.00. The number of anilines is 1. The van der Waals surface area contributed by atoms with E-state index in [9.17, 15) is 19.2 Å². The first kappa shape index (κ1) is 24.1. The number of fused-ring (bicyclic) bond motifs is 1. The van der Waals surface area contributed by atoms with Gasteiger partial charge in [-0.25, -0.2) is 9.78 Å². The van der Waals surface area contributed by atoms with Gasteiger partial charge in [-0.05, 0) is 6.08 Å². The molecule has 0 aromatic carbocycles. The fourth-order valence-corrected chi connectivity index (χ4v) is 4.43. The first-order valence-corrected chi connectivity index (χ1v) is 9.54. The predicted octanol–water partition coefficient (Wildman–Crippen LogP) is -1.70. The van der Waals surface area contributed by atoms with Crippen LogP contribution < -0.4 is 11.1 Å². The van der Waals surface area contributed by atoms with Crippen LogP contribution in [0, 0.1) is 0 Å². The third-order valence-electron chi connectivity index (χ3n) is 3.88. The Kier molecular flexibility index (Phi) is 7.90. The van der Waals surface area contributed by atoms with E-state index in [4.69, 9.17) is 15.9 Å². The number of rotatable bonds is 6. The minimum Gasteiger partial charge on any atom is -0.481 e. The maximum Gasteiger partial charge on any atom is 0.352 e. The van der Waals surface area contributed by atoms with Crippen LogP contribution in [0.25, 0.3) is 5.57 Å². The van der Waals surface area contributed by atoms with E-state index in [2.05, 4.69) is 10.3 Å². The van der Waals surface area contributed by atoms with Crippen molar-refractivity contribution < 1.29 is 40.3 Å². The number of nitrogen functional groups attached to an aromatic ring is 1. The maximum absolute atomic E-state index is 12.6. The van der Waals surface area contributed by atoms with Gasteiger partial charge in [-0.3, -0.25) is 19.3 Å². The molecule has 3 rings (SSSR count). The molecular weight excluding hydrogens is 428 g/mol. The van der Waals surface area contributed by atoms with E-state index in [1.54, 1.807) is 0 Å². The van der Waals surface area contributed by atoms with Gasteiger partial charge < -0.3 is 32.2 Å². The third kappa shape index (κ3) is 4.73. The van der Waals surface area contributed by atoms with Crippen LogP contribution in [0.15, 0.2) is 23.2 Å². The number of thiazole rings is 1. The summed E-state index contributed by atoms with van der Waals surface area (Å²) >= 11 is 2.41. The van der Waals surface area contributed by atoms with E-state index in [0.29, 0.717) is 5.75 Å². The maximum atomic E-state index is 12.6. The number of carbonyl (C=O) groups is 4. The predicted molar refractivity (Wildman–Crippen MR) is 105 cm³/mol. The molecule has 2 amide bonds. The Morgan fingerprint density at radius 2 is 2.03 bits per heavy atom. The molecule has 0 saturated carbocycles. The number of hydrogen-bond acceptors (Lipinski definition) is 8. The lowest BCUT2D eigenvalue weighted by Gasteiger charge is -2.48. The van der Waals surface area contributed by atoms with Gasteiger partial charge in [-0.2, -0.15) is 0 Å². The fourth-order valence-electron chi connectivity index (χ4n) is 2.67. The first-order chi connectivity index (χ1) is 12.8. The van der Waals surface area contributed by atoms with E-state index in [1.165, 1.54) is 29.3 Å². The molecule has 1 saturated heterocycles. The van der Waals surface area contributed by atoms with Crippen molar-refractivity contribution in [1.29, 1.82) is 0 Å². The Balaban J connectivity index is 0.00000210. The summed E-state index contributed by atoms with van der Waals surface area (Å²) in [5, 5.41) is 21.8. The molecule has 0 aliphatic carbocycles. The van der Waals surface area contributed by atoms with Crippen LogP contribution in [0.5, 0.6) is 0 Å². The van der Waals surface area contributed by atoms with Crippen molar-refractivity contribution in [1.82, 2.24) is 15.2 Å². The summed E-state index contributed by atoms with van der Waals surface area (Å²) in [6.45, 7) is 0. The van der Waals surface area contributed by atoms with Crippen LogP contribution in [-0.2, 0) is 19.2 Å². The molecular formula is C15H18N4O8S2. The molecule has 29 heavy (non-hydrogen) atoms. The van der Waals surface area contributed by atoms with Crippen molar-refractivity contribution in [3.63, 3.8) is 0 Å². The number of carbonyl (C=O) groups excluding carboxylic acids is 2. The Morgan fingerprint density at radius 1 is 1.34 bits per heavy atom. The number of carboxylic acid groups (broad SMARTS) is 2. The van der Waals surface area contributed by atoms with Gasteiger partial charge in [0, 0.05) is 11.1 Å². The zero-order valence-electron chi connectivity index (χ0n) is 14.6. The number of hydrogen-bond donors (Lipinski definition) is 4. The highest BCUT2D eigenvalue weighted by atomic mass is 32.2. The van der Waals surface area contributed by atoms with Crippen LogP contribution in [0.3, 0.4) is 0 Å². The minimum atomic E-state index is -1.21. The van der Waals surface area contributed by atoms with Crippen molar-refractivity contribution in [3.8, 4) is 0 Å². The van der Waals surface area contributed by atoms with Crippen LogP contribution in [0.2, 0.25) is 0 Å². The molecule has 9 N–H and O–H groups in total. The van der Waals surface area contributed by atoms with Crippen molar-refractivity contribution in [2.24, 2.45) is 0 Å². The lowest BCUT2D eigenvalue weighted by Crippen LogP contribution is -2.70. The highest BCUT2D eigenvalue weighted by Gasteiger charge is 2.52. The number of thioether (sulfide) groups is 1. The molecule has 0 bridgehead atoms. The number of carboxylic acids is 2. The summed E-state index contributed by atoms with van der Waals surface area (Å²) < 4.78 is 0. The standard InChI is InChI=1S/C15H14N4O6S2.2H2O/c16-15-17-7(5-27-15)6(1-2-9(20)21)11(22)18-10-12(23)19-8(14(24)25)3-4-26-13(10)19;;/h1,3,5,10,13H,2,4H2,(H2,16,17)(H,18,22)(H,20,21)(H,24,25);2*1H2/b6-1-;;. The van der Waals surface area contributed by atoms with E-state index >= 15 is 0 Å². The quantitative estimate of drug-likeness (QED) is 0.288. The van der Waals surface area contributed by atoms with Crippen molar-refractivity contribution >= 4 is 57.6 Å². The summed E-state index contributed by atoms with van der Waals surface area (Å²) in [6.07, 6.45) is 2.23. The molecule has 2 aliphatic rings. The lowest BCUT2D eigenvalue weighted by molar-refractivity contribution is -0.150. The number of nitrogens with zero attached hydrogens (tertiary/aromatic N) is 2. The molecule has 0 radical (unpaired) electrons. The summed E-state index contributed by atoms with van der Waals surface area (Å²) in [4.78, 5) is 52.1. The topological polar surface area (TPSA) is 226 Å². The van der Waals surface area contributed by atoms with Crippen molar-refractivity contribution in [3.05, 3.63) is 28.9 Å². The van der Waals surface area contributed by atoms with E-state index in [-0.39, 0.29) is 33.0 Å². The van der Waals surface area contributed by atoms with Gasteiger partial charge in [-0.1, -0.05) is 6.08 Å². The Labute approximate surface area is 171 Å². The Morgan fingerprint density at radius 3 is 2.59 bits per heavy atom. The molecule has 158 valence electrons. The lowest BCUT2D eigenvalue weighted by atomic mass is 10.0. The summed E-state index contributed by atoms with van der Waals surface area (Å²) in [6, 6.07) is -0.908. The van der Waals surface area contributed by atoms with Gasteiger partial charge in [0.25, 0.3) is 11.8 Å². The average Bonchev–Trinajstić information content (AvgIpc) is 3.04. The Hall–Kier alpha value is -2.94. The first-order valence-electron chi connectivity index (χ1n) is 7.62. The molecule has 3 heterocycles. The van der Waals surface area contributed by atoms with Crippen LogP contribution >= 0.6 is 23.1 Å². The molecule has 2 atom stereocenters. The zero-order chi connectivity index (χ0) is 19.7. The van der Waals surface area contributed by atoms with Gasteiger partial charge >= 0.3 is 11.9 Å². The molecule has 2 unspecified atom stereocenters. The number of aromatic nitrogens is 1. The summed E-state index contributed by atoms with van der Waals surface area (Å²) in [7, 11) is 0. The number of nitrogens with one attached hydrogen (secondary N) is 1. The van der Waals surface area contributed by atoms with E-state index < -0.39 is 41.6 Å². The number of amides is 2. The van der Waals surface area contributed by atoms with E-state index in [1.807, 2.05) is 0 Å². The summed E-state index contributed by atoms with van der Waals surface area (Å²) in [5.41, 5.74) is 5.66. The van der Waals surface area contributed by atoms with Gasteiger partial charge in [0.1, 0.15) is 17.1 Å². The molecule has 1 aromatic rings. The molecule has 12 nitrogen and oxygen atoms in total. The molecule has 1 fully saturated rings. The normalized spacial score (nSPS) is 20.3. The second-order valence-corrected chi connectivity index (χ2v) is 7.60. The second-order valence-electron chi connectivity index (χ2n) is 5.56. The molecule has 2 aliphatic heterocycles. The number of nitrogens with two attached hydrogens (primary N) is 1. The largest absolute Gasteiger partial charge is 0.481 e. The number of β-lactam (4-membered cyclic amide) rings is 1. The average molecular weight is 446 g/mol. The van der Waals surface area contributed by atoms with Crippen LogP contribution in [-0.4, -0.2) is 72.0 Å². The monoisotopic (exact) mass is 446 g/mol. The van der Waals surface area contributed by atoms with Crippen molar-refractivity contribution in [2.45, 2.75) is 17.8 Å². The van der Waals surface area contributed by atoms with Gasteiger partial charge in [0.2, 0.25) is 0 Å². The minimum absolute atomic E-state index is 0. The van der Waals surface area contributed by atoms with Crippen LogP contribution in [0.4, 0.5) is 5.13 Å². The van der Waals surface area contributed by atoms with Gasteiger partial charge in [-0.15, -0.1) is 23.1 Å². The highest BCUT2D eigenvalue weighted by Crippen LogP contribution is 2.37. The van der Waals surface area contributed by atoms with E-state index in [0.717, 1.165) is 16.2 Å². The zero-order valence-corrected chi connectivity index (χ0v) is 16.2. The SMILES string of the molecule is Nc1nc(/C(=C/CC(=O)O)C(=O)NC2C(=O)N3C(C(=O)O)=CCSC23)cs1.O.O. The summed E-state index contributed by atoms with van der Waals surface area (Å²) in [5.74, 6) is -3.16. The molecule has 1 aromatic heterocycles. The van der Waals surface area contributed by atoms with Gasteiger partial charge in [0.05, 0.1) is 17.7 Å². The van der Waals surface area contributed by atoms with Gasteiger partial charge in [0.15, 0.2) is 5.13 Å². The third-order valence-corrected chi connectivity index (χ3v) is 5.73.